The van der Waals surface area contributed by atoms with Gasteiger partial charge in [0.25, 0.3) is 5.91 Å². The van der Waals surface area contributed by atoms with Gasteiger partial charge in [0, 0.05) is 12.1 Å². The van der Waals surface area contributed by atoms with E-state index in [2.05, 4.69) is 10.6 Å². The molecule has 1 aromatic rings. The van der Waals surface area contributed by atoms with Gasteiger partial charge in [-0.15, -0.1) is 0 Å². The van der Waals surface area contributed by atoms with Crippen LogP contribution in [0.2, 0.25) is 0 Å². The van der Waals surface area contributed by atoms with Crippen LogP contribution in [0.1, 0.15) is 22.8 Å². The number of likely N-dealkylation sites (N-methyl/N-ethyl adjacent to an activating group) is 1. The van der Waals surface area contributed by atoms with Crippen LogP contribution in [-0.2, 0) is 11.2 Å². The summed E-state index contributed by atoms with van der Waals surface area (Å²) in [4.78, 5) is 22.9. The second-order valence-corrected chi connectivity index (χ2v) is 3.87. The first-order valence-electron chi connectivity index (χ1n) is 6.01. The van der Waals surface area contributed by atoms with E-state index >= 15 is 0 Å². The van der Waals surface area contributed by atoms with Crippen LogP contribution < -0.4 is 16.4 Å². The molecular weight excluding hydrogens is 230 g/mol. The normalized spacial score (nSPS) is 9.89. The molecular formula is C13H19N3O2. The lowest BCUT2D eigenvalue weighted by molar-refractivity contribution is -0.120. The number of carbonyl (C=O) groups excluding carboxylic acids is 2. The molecule has 2 amide bonds. The Labute approximate surface area is 107 Å². The van der Waals surface area contributed by atoms with E-state index in [1.54, 1.807) is 12.1 Å². The maximum absolute atomic E-state index is 11.7. The van der Waals surface area contributed by atoms with E-state index in [0.29, 0.717) is 18.7 Å². The van der Waals surface area contributed by atoms with E-state index < -0.39 is 0 Å². The quantitative estimate of drug-likeness (QED) is 0.666. The number of carbonyl (C=O) groups is 2. The Hall–Kier alpha value is -1.88. The molecule has 4 N–H and O–H groups in total. The summed E-state index contributed by atoms with van der Waals surface area (Å²) in [5.41, 5.74) is 7.08. The van der Waals surface area contributed by atoms with Crippen molar-refractivity contribution in [3.63, 3.8) is 0 Å². The largest absolute Gasteiger partial charge is 0.355 e. The number of hydrogen-bond acceptors (Lipinski definition) is 3. The van der Waals surface area contributed by atoms with Crippen molar-refractivity contribution in [3.05, 3.63) is 35.4 Å². The molecule has 98 valence electrons. The van der Waals surface area contributed by atoms with Crippen molar-refractivity contribution in [1.29, 1.82) is 0 Å². The zero-order valence-electron chi connectivity index (χ0n) is 10.5. The Kier molecular flexibility index (Phi) is 5.87. The molecule has 0 unspecified atom stereocenters. The van der Waals surface area contributed by atoms with Gasteiger partial charge in [-0.05, 0) is 37.6 Å². The first kappa shape index (κ1) is 14.2. The van der Waals surface area contributed by atoms with Gasteiger partial charge in [-0.25, -0.2) is 0 Å². The van der Waals surface area contributed by atoms with Crippen LogP contribution in [0, 0.1) is 0 Å². The molecule has 0 fully saturated rings. The molecule has 0 aliphatic heterocycles. The fraction of sp³-hybridized carbons (Fsp3) is 0.385. The summed E-state index contributed by atoms with van der Waals surface area (Å²) in [6.07, 6.45) is 0.792. The molecule has 0 bridgehead atoms. The average Bonchev–Trinajstić information content (AvgIpc) is 2.37. The van der Waals surface area contributed by atoms with E-state index in [1.165, 1.54) is 0 Å². The van der Waals surface area contributed by atoms with Gasteiger partial charge < -0.3 is 16.4 Å². The molecule has 0 aliphatic rings. The summed E-state index contributed by atoms with van der Waals surface area (Å²) in [5.74, 6) is -0.439. The van der Waals surface area contributed by atoms with E-state index in [-0.39, 0.29) is 18.4 Å². The average molecular weight is 249 g/mol. The van der Waals surface area contributed by atoms with Crippen molar-refractivity contribution in [2.45, 2.75) is 13.3 Å². The van der Waals surface area contributed by atoms with Gasteiger partial charge in [-0.3, -0.25) is 9.59 Å². The van der Waals surface area contributed by atoms with Gasteiger partial charge in [0.1, 0.15) is 0 Å². The second kappa shape index (κ2) is 7.45. The third-order valence-electron chi connectivity index (χ3n) is 2.43. The Morgan fingerprint density at radius 1 is 1.17 bits per heavy atom. The van der Waals surface area contributed by atoms with Crippen LogP contribution in [0.4, 0.5) is 0 Å². The van der Waals surface area contributed by atoms with Gasteiger partial charge >= 0.3 is 0 Å². The lowest BCUT2D eigenvalue weighted by Gasteiger charge is -2.06. The first-order valence-corrected chi connectivity index (χ1v) is 6.01. The van der Waals surface area contributed by atoms with E-state index in [0.717, 1.165) is 12.0 Å². The fourth-order valence-corrected chi connectivity index (χ4v) is 1.51. The molecule has 0 atom stereocenters. The molecule has 0 aromatic heterocycles. The van der Waals surface area contributed by atoms with Crippen molar-refractivity contribution < 1.29 is 9.59 Å². The molecule has 0 spiro atoms. The predicted molar refractivity (Wildman–Crippen MR) is 70.2 cm³/mol. The van der Waals surface area contributed by atoms with Crippen LogP contribution in [0.25, 0.3) is 0 Å². The third kappa shape index (κ3) is 4.55. The number of nitrogens with two attached hydrogens (primary N) is 1. The maximum atomic E-state index is 11.7. The topological polar surface area (TPSA) is 84.2 Å². The summed E-state index contributed by atoms with van der Waals surface area (Å²) in [6, 6.07) is 7.21. The number of rotatable bonds is 6. The number of benzene rings is 1. The zero-order valence-corrected chi connectivity index (χ0v) is 10.5. The summed E-state index contributed by atoms with van der Waals surface area (Å²) < 4.78 is 0. The zero-order chi connectivity index (χ0) is 13.4. The van der Waals surface area contributed by atoms with Crippen molar-refractivity contribution >= 4 is 11.8 Å². The lowest BCUT2D eigenvalue weighted by Crippen LogP contribution is -2.36. The minimum atomic E-state index is -0.249. The maximum Gasteiger partial charge on any atom is 0.251 e. The van der Waals surface area contributed by atoms with Crippen LogP contribution in [0.5, 0.6) is 0 Å². The van der Waals surface area contributed by atoms with Crippen molar-refractivity contribution in [2.24, 2.45) is 5.73 Å². The van der Waals surface area contributed by atoms with E-state index in [9.17, 15) is 9.59 Å². The second-order valence-electron chi connectivity index (χ2n) is 3.87. The molecule has 1 rings (SSSR count). The third-order valence-corrected chi connectivity index (χ3v) is 2.43. The highest BCUT2D eigenvalue weighted by Crippen LogP contribution is 2.04. The standard InChI is InChI=1S/C13H19N3O2/c1-2-15-12(17)9-16-13(18)11-5-3-10(4-6-11)7-8-14/h3-6H,2,7-9,14H2,1H3,(H,15,17)(H,16,18). The number of hydrogen-bond donors (Lipinski definition) is 3. The van der Waals surface area contributed by atoms with Crippen LogP contribution in [-0.4, -0.2) is 31.4 Å². The van der Waals surface area contributed by atoms with Crippen LogP contribution in [0.15, 0.2) is 24.3 Å². The fourth-order valence-electron chi connectivity index (χ4n) is 1.51. The number of nitrogens with one attached hydrogen (secondary N) is 2. The predicted octanol–water partition coefficient (Wildman–Crippen LogP) is 0.0537. The minimum Gasteiger partial charge on any atom is -0.355 e. The van der Waals surface area contributed by atoms with E-state index in [1.807, 2.05) is 19.1 Å². The first-order chi connectivity index (χ1) is 8.67. The Morgan fingerprint density at radius 3 is 2.39 bits per heavy atom. The molecule has 0 radical (unpaired) electrons. The molecule has 0 saturated heterocycles. The molecule has 0 aliphatic carbocycles. The summed E-state index contributed by atoms with van der Waals surface area (Å²) >= 11 is 0. The van der Waals surface area contributed by atoms with Gasteiger partial charge in [0.15, 0.2) is 0 Å². The summed E-state index contributed by atoms with van der Waals surface area (Å²) in [7, 11) is 0. The summed E-state index contributed by atoms with van der Waals surface area (Å²) in [6.45, 7) is 2.97. The van der Waals surface area contributed by atoms with Crippen molar-refractivity contribution in [3.8, 4) is 0 Å². The monoisotopic (exact) mass is 249 g/mol. The molecule has 0 saturated carbocycles. The molecule has 0 heterocycles. The number of amides is 2. The van der Waals surface area contributed by atoms with Gasteiger partial charge in [0.05, 0.1) is 6.54 Å². The Morgan fingerprint density at radius 2 is 1.83 bits per heavy atom. The smallest absolute Gasteiger partial charge is 0.251 e. The van der Waals surface area contributed by atoms with Gasteiger partial charge in [-0.2, -0.15) is 0 Å². The van der Waals surface area contributed by atoms with Gasteiger partial charge in [-0.1, -0.05) is 12.1 Å². The minimum absolute atomic E-state index is 0.00275. The molecule has 5 heteroatoms. The summed E-state index contributed by atoms with van der Waals surface area (Å²) in [5, 5.41) is 5.17. The van der Waals surface area contributed by atoms with Gasteiger partial charge in [0.2, 0.25) is 5.91 Å². The Bertz CT molecular complexity index is 401. The van der Waals surface area contributed by atoms with Crippen LogP contribution in [0.3, 0.4) is 0 Å². The van der Waals surface area contributed by atoms with Crippen molar-refractivity contribution in [2.75, 3.05) is 19.6 Å². The molecule has 5 nitrogen and oxygen atoms in total. The molecule has 1 aromatic carbocycles. The van der Waals surface area contributed by atoms with Crippen molar-refractivity contribution in [1.82, 2.24) is 10.6 Å². The highest BCUT2D eigenvalue weighted by Gasteiger charge is 2.07. The highest BCUT2D eigenvalue weighted by molar-refractivity contribution is 5.96. The van der Waals surface area contributed by atoms with E-state index in [4.69, 9.17) is 5.73 Å². The lowest BCUT2D eigenvalue weighted by atomic mass is 10.1. The molecule has 18 heavy (non-hydrogen) atoms. The SMILES string of the molecule is CCNC(=O)CNC(=O)c1ccc(CCN)cc1. The Balaban J connectivity index is 2.48. The highest BCUT2D eigenvalue weighted by atomic mass is 16.2. The van der Waals surface area contributed by atoms with Crippen LogP contribution >= 0.6 is 0 Å².